The van der Waals surface area contributed by atoms with Crippen LogP contribution >= 0.6 is 0 Å². The van der Waals surface area contributed by atoms with Gasteiger partial charge in [-0.25, -0.2) is 9.67 Å². The average molecular weight is 345 g/mol. The van der Waals surface area contributed by atoms with Crippen LogP contribution < -0.4 is 5.32 Å². The highest BCUT2D eigenvalue weighted by molar-refractivity contribution is 5.94. The van der Waals surface area contributed by atoms with E-state index in [4.69, 9.17) is 0 Å². The zero-order valence-corrected chi connectivity index (χ0v) is 14.4. The third-order valence-corrected chi connectivity index (χ3v) is 4.52. The fourth-order valence-corrected chi connectivity index (χ4v) is 3.12. The number of amides is 1. The summed E-state index contributed by atoms with van der Waals surface area (Å²) >= 11 is 0. The SMILES string of the molecule is CC(C)(O)c1cn([C@@H]2CCCC[C@@H]2NC(=O)c2ncccc2O)nn1. The smallest absolute Gasteiger partial charge is 0.274 e. The van der Waals surface area contributed by atoms with Gasteiger partial charge in [-0.2, -0.15) is 0 Å². The highest BCUT2D eigenvalue weighted by atomic mass is 16.3. The van der Waals surface area contributed by atoms with E-state index in [9.17, 15) is 15.0 Å². The van der Waals surface area contributed by atoms with Gasteiger partial charge in [0, 0.05) is 6.20 Å². The van der Waals surface area contributed by atoms with Crippen molar-refractivity contribution < 1.29 is 15.0 Å². The standard InChI is InChI=1S/C17H23N5O3/c1-17(2,25)14-10-22(21-20-14)12-7-4-3-6-11(12)19-16(24)15-13(23)8-5-9-18-15/h5,8-12,23,25H,3-4,6-7H2,1-2H3,(H,19,24)/t11-,12+/m0/s1. The number of nitrogens with zero attached hydrogens (tertiary/aromatic N) is 4. The lowest BCUT2D eigenvalue weighted by Crippen LogP contribution is -2.43. The molecule has 0 aromatic carbocycles. The molecule has 0 radical (unpaired) electrons. The molecule has 0 aliphatic heterocycles. The second kappa shape index (κ2) is 6.79. The fraction of sp³-hybridized carbons (Fsp3) is 0.529. The van der Waals surface area contributed by atoms with Gasteiger partial charge in [0.15, 0.2) is 5.69 Å². The fourth-order valence-electron chi connectivity index (χ4n) is 3.12. The lowest BCUT2D eigenvalue weighted by atomic mass is 9.90. The van der Waals surface area contributed by atoms with Crippen molar-refractivity contribution >= 4 is 5.91 Å². The Balaban J connectivity index is 1.78. The number of carbonyl (C=O) groups is 1. The number of hydrogen-bond donors (Lipinski definition) is 3. The second-order valence-electron chi connectivity index (χ2n) is 6.95. The Morgan fingerprint density at radius 2 is 2.12 bits per heavy atom. The number of rotatable bonds is 4. The highest BCUT2D eigenvalue weighted by Gasteiger charge is 2.31. The molecule has 1 saturated carbocycles. The van der Waals surface area contributed by atoms with Crippen LogP contribution in [-0.2, 0) is 5.60 Å². The normalized spacial score (nSPS) is 21.1. The molecule has 1 aliphatic carbocycles. The Labute approximate surface area is 145 Å². The largest absolute Gasteiger partial charge is 0.505 e. The number of aliphatic hydroxyl groups is 1. The summed E-state index contributed by atoms with van der Waals surface area (Å²) in [6.07, 6.45) is 6.90. The first-order chi connectivity index (χ1) is 11.9. The minimum atomic E-state index is -1.06. The zero-order valence-electron chi connectivity index (χ0n) is 14.4. The Morgan fingerprint density at radius 1 is 1.36 bits per heavy atom. The predicted octanol–water partition coefficient (Wildman–Crippen LogP) is 1.52. The van der Waals surface area contributed by atoms with Crippen LogP contribution in [0.3, 0.4) is 0 Å². The third kappa shape index (κ3) is 3.79. The first kappa shape index (κ1) is 17.3. The summed E-state index contributed by atoms with van der Waals surface area (Å²) in [5, 5.41) is 31.0. The Bertz CT molecular complexity index is 753. The van der Waals surface area contributed by atoms with Crippen molar-refractivity contribution in [1.29, 1.82) is 0 Å². The Kier molecular flexibility index (Phi) is 4.71. The van der Waals surface area contributed by atoms with Gasteiger partial charge in [-0.15, -0.1) is 5.10 Å². The highest BCUT2D eigenvalue weighted by Crippen LogP contribution is 2.29. The maximum atomic E-state index is 12.5. The lowest BCUT2D eigenvalue weighted by Gasteiger charge is -2.32. The van der Waals surface area contributed by atoms with Crippen LogP contribution in [0.4, 0.5) is 0 Å². The van der Waals surface area contributed by atoms with Crippen LogP contribution in [-0.4, -0.2) is 42.1 Å². The van der Waals surface area contributed by atoms with Crippen molar-refractivity contribution in [1.82, 2.24) is 25.3 Å². The summed E-state index contributed by atoms with van der Waals surface area (Å²) < 4.78 is 1.72. The molecule has 3 N–H and O–H groups in total. The van der Waals surface area contributed by atoms with E-state index in [0.29, 0.717) is 5.69 Å². The maximum Gasteiger partial charge on any atom is 0.274 e. The number of carbonyl (C=O) groups excluding carboxylic acids is 1. The van der Waals surface area contributed by atoms with E-state index in [-0.39, 0.29) is 23.5 Å². The molecule has 2 atom stereocenters. The Hall–Kier alpha value is -2.48. The van der Waals surface area contributed by atoms with Crippen LogP contribution in [0.5, 0.6) is 5.75 Å². The number of aromatic hydroxyl groups is 1. The summed E-state index contributed by atoms with van der Waals surface area (Å²) in [6, 6.07) is 2.82. The lowest BCUT2D eigenvalue weighted by molar-refractivity contribution is 0.0735. The van der Waals surface area contributed by atoms with Crippen molar-refractivity contribution in [2.24, 2.45) is 0 Å². The monoisotopic (exact) mass is 345 g/mol. The molecule has 134 valence electrons. The first-order valence-corrected chi connectivity index (χ1v) is 8.46. The van der Waals surface area contributed by atoms with Crippen molar-refractivity contribution in [3.8, 4) is 5.75 Å². The molecule has 2 aromatic heterocycles. The zero-order chi connectivity index (χ0) is 18.0. The summed E-state index contributed by atoms with van der Waals surface area (Å²) in [5.74, 6) is -0.546. The van der Waals surface area contributed by atoms with E-state index in [0.717, 1.165) is 25.7 Å². The number of hydrogen-bond acceptors (Lipinski definition) is 6. The van der Waals surface area contributed by atoms with E-state index in [1.54, 1.807) is 30.8 Å². The van der Waals surface area contributed by atoms with Crippen molar-refractivity contribution in [3.63, 3.8) is 0 Å². The van der Waals surface area contributed by atoms with Crippen molar-refractivity contribution in [3.05, 3.63) is 35.9 Å². The van der Waals surface area contributed by atoms with Gasteiger partial charge < -0.3 is 15.5 Å². The molecule has 0 saturated heterocycles. The molecule has 8 heteroatoms. The van der Waals surface area contributed by atoms with Crippen LogP contribution in [0.2, 0.25) is 0 Å². The van der Waals surface area contributed by atoms with Gasteiger partial charge in [0.25, 0.3) is 5.91 Å². The molecule has 2 heterocycles. The van der Waals surface area contributed by atoms with Crippen LogP contribution in [0.25, 0.3) is 0 Å². The summed E-state index contributed by atoms with van der Waals surface area (Å²) in [6.45, 7) is 3.32. The Morgan fingerprint density at radius 3 is 2.80 bits per heavy atom. The minimum absolute atomic E-state index is 0.0163. The minimum Gasteiger partial charge on any atom is -0.505 e. The van der Waals surface area contributed by atoms with Crippen LogP contribution in [0.15, 0.2) is 24.5 Å². The predicted molar refractivity (Wildman–Crippen MR) is 89.9 cm³/mol. The summed E-state index contributed by atoms with van der Waals surface area (Å²) in [7, 11) is 0. The van der Waals surface area contributed by atoms with Gasteiger partial charge >= 0.3 is 0 Å². The van der Waals surface area contributed by atoms with E-state index < -0.39 is 11.5 Å². The van der Waals surface area contributed by atoms with E-state index in [2.05, 4.69) is 20.6 Å². The molecular formula is C17H23N5O3. The van der Waals surface area contributed by atoms with E-state index in [1.165, 1.54) is 12.3 Å². The molecule has 8 nitrogen and oxygen atoms in total. The molecule has 1 fully saturated rings. The maximum absolute atomic E-state index is 12.5. The van der Waals surface area contributed by atoms with Gasteiger partial charge in [-0.1, -0.05) is 18.1 Å². The van der Waals surface area contributed by atoms with Gasteiger partial charge in [-0.3, -0.25) is 4.79 Å². The van der Waals surface area contributed by atoms with Gasteiger partial charge in [0.2, 0.25) is 0 Å². The third-order valence-electron chi connectivity index (χ3n) is 4.52. The van der Waals surface area contributed by atoms with Gasteiger partial charge in [-0.05, 0) is 38.8 Å². The first-order valence-electron chi connectivity index (χ1n) is 8.46. The number of nitrogens with one attached hydrogen (secondary N) is 1. The number of aromatic nitrogens is 4. The summed E-state index contributed by atoms with van der Waals surface area (Å²) in [5.41, 5.74) is -0.557. The molecule has 3 rings (SSSR count). The quantitative estimate of drug-likeness (QED) is 0.774. The van der Waals surface area contributed by atoms with Gasteiger partial charge in [0.1, 0.15) is 17.0 Å². The van der Waals surface area contributed by atoms with Crippen LogP contribution in [0, 0.1) is 0 Å². The van der Waals surface area contributed by atoms with Gasteiger partial charge in [0.05, 0.1) is 18.3 Å². The molecule has 1 aliphatic rings. The van der Waals surface area contributed by atoms with E-state index in [1.807, 2.05) is 0 Å². The molecule has 0 unspecified atom stereocenters. The van der Waals surface area contributed by atoms with Crippen molar-refractivity contribution in [2.75, 3.05) is 0 Å². The summed E-state index contributed by atoms with van der Waals surface area (Å²) in [4.78, 5) is 16.4. The molecule has 0 bridgehead atoms. The molecule has 1 amide bonds. The molecule has 25 heavy (non-hydrogen) atoms. The molecule has 0 spiro atoms. The average Bonchev–Trinajstić information content (AvgIpc) is 3.06. The van der Waals surface area contributed by atoms with Crippen LogP contribution in [0.1, 0.15) is 61.8 Å². The van der Waals surface area contributed by atoms with Crippen molar-refractivity contribution in [2.45, 2.75) is 57.2 Å². The number of pyridine rings is 1. The molecule has 2 aromatic rings. The second-order valence-corrected chi connectivity index (χ2v) is 6.95. The molecular weight excluding hydrogens is 322 g/mol. The van der Waals surface area contributed by atoms with E-state index >= 15 is 0 Å². The topological polar surface area (TPSA) is 113 Å².